The van der Waals surface area contributed by atoms with E-state index in [1.807, 2.05) is 24.3 Å². The zero-order valence-electron chi connectivity index (χ0n) is 16.0. The van der Waals surface area contributed by atoms with Gasteiger partial charge >= 0.3 is 0 Å². The summed E-state index contributed by atoms with van der Waals surface area (Å²) in [4.78, 5) is 25.6. The van der Waals surface area contributed by atoms with Crippen LogP contribution in [-0.4, -0.2) is 67.2 Å². The molecule has 2 aromatic rings. The van der Waals surface area contributed by atoms with Crippen LogP contribution in [0.2, 0.25) is 0 Å². The summed E-state index contributed by atoms with van der Waals surface area (Å²) in [5.41, 5.74) is 1.47. The number of aromatic nitrogens is 2. The lowest BCUT2D eigenvalue weighted by molar-refractivity contribution is 0.0949. The molecule has 0 atom stereocenters. The van der Waals surface area contributed by atoms with Gasteiger partial charge in [-0.2, -0.15) is 0 Å². The van der Waals surface area contributed by atoms with E-state index in [4.69, 9.17) is 4.74 Å². The maximum absolute atomic E-state index is 12.5. The van der Waals surface area contributed by atoms with E-state index in [9.17, 15) is 4.79 Å². The van der Waals surface area contributed by atoms with Crippen molar-refractivity contribution >= 4 is 11.7 Å². The molecule has 0 spiro atoms. The maximum atomic E-state index is 12.5. The molecule has 0 unspecified atom stereocenters. The van der Waals surface area contributed by atoms with E-state index < -0.39 is 0 Å². The number of methoxy groups -OCH3 is 1. The van der Waals surface area contributed by atoms with Gasteiger partial charge in [0.15, 0.2) is 0 Å². The molecule has 144 valence electrons. The first kappa shape index (κ1) is 19.1. The van der Waals surface area contributed by atoms with Gasteiger partial charge in [0.05, 0.1) is 7.11 Å². The highest BCUT2D eigenvalue weighted by Crippen LogP contribution is 2.17. The minimum atomic E-state index is -0.180. The molecule has 1 N–H and O–H groups in total. The predicted molar refractivity (Wildman–Crippen MR) is 105 cm³/mol. The summed E-state index contributed by atoms with van der Waals surface area (Å²) >= 11 is 0. The van der Waals surface area contributed by atoms with Crippen molar-refractivity contribution in [1.29, 1.82) is 0 Å². The Morgan fingerprint density at radius 2 is 1.96 bits per heavy atom. The van der Waals surface area contributed by atoms with Crippen LogP contribution >= 0.6 is 0 Å². The Balaban J connectivity index is 1.56. The topological polar surface area (TPSA) is 70.6 Å². The van der Waals surface area contributed by atoms with Crippen LogP contribution < -0.4 is 15.0 Å². The Kier molecular flexibility index (Phi) is 6.59. The molecule has 1 saturated heterocycles. The van der Waals surface area contributed by atoms with E-state index in [2.05, 4.69) is 32.0 Å². The summed E-state index contributed by atoms with van der Waals surface area (Å²) in [5, 5.41) is 2.93. The number of carbonyl (C=O) groups is 1. The highest BCUT2D eigenvalue weighted by atomic mass is 16.5. The van der Waals surface area contributed by atoms with Gasteiger partial charge in [0.2, 0.25) is 0 Å². The van der Waals surface area contributed by atoms with Gasteiger partial charge in [0.1, 0.15) is 23.6 Å². The van der Waals surface area contributed by atoms with Crippen molar-refractivity contribution in [1.82, 2.24) is 20.2 Å². The fourth-order valence-corrected chi connectivity index (χ4v) is 3.25. The van der Waals surface area contributed by atoms with E-state index in [0.717, 1.165) is 49.9 Å². The van der Waals surface area contributed by atoms with E-state index in [-0.39, 0.29) is 5.91 Å². The number of likely N-dealkylation sites (N-methyl/N-ethyl adjacent to an activating group) is 1. The highest BCUT2D eigenvalue weighted by molar-refractivity contribution is 5.92. The molecule has 1 aliphatic rings. The lowest BCUT2D eigenvalue weighted by atomic mass is 10.1. The molecule has 27 heavy (non-hydrogen) atoms. The minimum absolute atomic E-state index is 0.180. The molecule has 1 fully saturated rings. The van der Waals surface area contributed by atoms with Crippen LogP contribution in [-0.2, 0) is 6.42 Å². The molecule has 1 aromatic heterocycles. The predicted octanol–water partition coefficient (Wildman–Crippen LogP) is 1.60. The van der Waals surface area contributed by atoms with Crippen molar-refractivity contribution in [2.75, 3.05) is 51.3 Å². The number of carbonyl (C=O) groups excluding carboxylic acids is 1. The van der Waals surface area contributed by atoms with Gasteiger partial charge in [-0.25, -0.2) is 9.97 Å². The molecular formula is C20H27N5O2. The minimum Gasteiger partial charge on any atom is -0.496 e. The van der Waals surface area contributed by atoms with Gasteiger partial charge in [0.25, 0.3) is 5.91 Å². The van der Waals surface area contributed by atoms with E-state index in [0.29, 0.717) is 18.7 Å². The summed E-state index contributed by atoms with van der Waals surface area (Å²) in [7, 11) is 1.65. The zero-order valence-corrected chi connectivity index (χ0v) is 16.0. The first-order valence-corrected chi connectivity index (χ1v) is 9.40. The molecule has 7 heteroatoms. The van der Waals surface area contributed by atoms with Crippen molar-refractivity contribution in [2.45, 2.75) is 13.3 Å². The normalized spacial score (nSPS) is 14.8. The Morgan fingerprint density at radius 1 is 1.19 bits per heavy atom. The first-order valence-electron chi connectivity index (χ1n) is 9.40. The summed E-state index contributed by atoms with van der Waals surface area (Å²) in [6.45, 7) is 7.63. The van der Waals surface area contributed by atoms with Gasteiger partial charge < -0.3 is 19.9 Å². The average molecular weight is 369 g/mol. The zero-order chi connectivity index (χ0) is 19.1. The fraction of sp³-hybridized carbons (Fsp3) is 0.450. The lowest BCUT2D eigenvalue weighted by Crippen LogP contribution is -2.46. The Bertz CT molecular complexity index is 760. The van der Waals surface area contributed by atoms with Gasteiger partial charge in [-0.3, -0.25) is 4.79 Å². The van der Waals surface area contributed by atoms with Crippen molar-refractivity contribution in [2.24, 2.45) is 0 Å². The number of amides is 1. The number of para-hydroxylation sites is 1. The lowest BCUT2D eigenvalue weighted by Gasteiger charge is -2.34. The van der Waals surface area contributed by atoms with E-state index in [1.165, 1.54) is 6.33 Å². The highest BCUT2D eigenvalue weighted by Gasteiger charge is 2.18. The number of hydrogen-bond acceptors (Lipinski definition) is 6. The van der Waals surface area contributed by atoms with E-state index >= 15 is 0 Å². The van der Waals surface area contributed by atoms with Gasteiger partial charge in [-0.1, -0.05) is 25.1 Å². The van der Waals surface area contributed by atoms with E-state index in [1.54, 1.807) is 13.2 Å². The van der Waals surface area contributed by atoms with Crippen molar-refractivity contribution in [3.8, 4) is 5.75 Å². The van der Waals surface area contributed by atoms with Crippen LogP contribution in [0.1, 0.15) is 23.0 Å². The number of nitrogens with zero attached hydrogens (tertiary/aromatic N) is 4. The van der Waals surface area contributed by atoms with Crippen LogP contribution in [0.4, 0.5) is 5.82 Å². The molecule has 3 rings (SSSR count). The maximum Gasteiger partial charge on any atom is 0.270 e. The van der Waals surface area contributed by atoms with Crippen molar-refractivity contribution in [3.05, 3.63) is 47.9 Å². The molecule has 2 heterocycles. The monoisotopic (exact) mass is 369 g/mol. The summed E-state index contributed by atoms with van der Waals surface area (Å²) in [6.07, 6.45) is 2.17. The second-order valence-electron chi connectivity index (χ2n) is 6.50. The fourth-order valence-electron chi connectivity index (χ4n) is 3.25. The van der Waals surface area contributed by atoms with Crippen LogP contribution in [0.25, 0.3) is 0 Å². The van der Waals surface area contributed by atoms with Gasteiger partial charge in [-0.15, -0.1) is 0 Å². The van der Waals surface area contributed by atoms with Crippen molar-refractivity contribution < 1.29 is 9.53 Å². The molecule has 0 radical (unpaired) electrons. The van der Waals surface area contributed by atoms with Crippen molar-refractivity contribution in [3.63, 3.8) is 0 Å². The van der Waals surface area contributed by atoms with Gasteiger partial charge in [-0.05, 0) is 24.6 Å². The second-order valence-corrected chi connectivity index (χ2v) is 6.50. The number of hydrogen-bond donors (Lipinski definition) is 1. The van der Waals surface area contributed by atoms with Gasteiger partial charge in [0, 0.05) is 38.8 Å². The summed E-state index contributed by atoms with van der Waals surface area (Å²) in [6, 6.07) is 9.61. The van der Waals surface area contributed by atoms with Crippen LogP contribution in [0.15, 0.2) is 36.7 Å². The summed E-state index contributed by atoms with van der Waals surface area (Å²) < 4.78 is 5.34. The number of rotatable bonds is 7. The van der Waals surface area contributed by atoms with Crippen LogP contribution in [0.5, 0.6) is 5.75 Å². The number of benzene rings is 1. The molecular weight excluding hydrogens is 342 g/mol. The summed E-state index contributed by atoms with van der Waals surface area (Å²) in [5.74, 6) is 1.47. The molecule has 0 aliphatic carbocycles. The third kappa shape index (κ3) is 4.95. The number of anilines is 1. The third-order valence-electron chi connectivity index (χ3n) is 4.90. The average Bonchev–Trinajstić information content (AvgIpc) is 2.74. The molecule has 1 amide bonds. The third-order valence-corrected chi connectivity index (χ3v) is 4.90. The first-order chi connectivity index (χ1) is 13.2. The molecule has 7 nitrogen and oxygen atoms in total. The SMILES string of the molecule is CCN1CCN(c2cc(C(=O)NCCc3ccccc3OC)ncn2)CC1. The largest absolute Gasteiger partial charge is 0.496 e. The molecule has 1 aliphatic heterocycles. The molecule has 1 aromatic carbocycles. The smallest absolute Gasteiger partial charge is 0.270 e. The Morgan fingerprint density at radius 3 is 2.70 bits per heavy atom. The molecule has 0 saturated carbocycles. The number of piperazine rings is 1. The Hall–Kier alpha value is -2.67. The standard InChI is InChI=1S/C20H27N5O2/c1-3-24-10-12-25(13-11-24)19-14-17(22-15-23-19)20(26)21-9-8-16-6-4-5-7-18(16)27-2/h4-7,14-15H,3,8-13H2,1-2H3,(H,21,26). The second kappa shape index (κ2) is 9.32. The number of ether oxygens (including phenoxy) is 1. The Labute approximate surface area is 160 Å². The quantitative estimate of drug-likeness (QED) is 0.799. The van der Waals surface area contributed by atoms with Crippen LogP contribution in [0.3, 0.4) is 0 Å². The molecule has 0 bridgehead atoms. The van der Waals surface area contributed by atoms with Crippen LogP contribution in [0, 0.1) is 0 Å². The number of nitrogens with one attached hydrogen (secondary N) is 1.